The van der Waals surface area contributed by atoms with E-state index in [1.165, 1.54) is 100 Å². The fraction of sp³-hybridized carbons (Fsp3) is 0.160. The molecular weight excluding hydrogens is 791 g/mol. The third kappa shape index (κ3) is 9.53. The van der Waals surface area contributed by atoms with Gasteiger partial charge >= 0.3 is 37.9 Å². The Balaban J connectivity index is 0.000000135. The molecule has 270 valence electrons. The van der Waals surface area contributed by atoms with Gasteiger partial charge in [0.2, 0.25) is 0 Å². The molecule has 0 saturated heterocycles. The SMILES string of the molecule is CCCc1ccc2[cH-]c(C)cc2c1-c1ccccc1.CCCc1ccc2[cH-]c(C)cc2c1-c1ccccc1.[Cl][Zr][Cl].[c-]1cccc2c1[Si]c1ccccc1-2. The zero-order chi connectivity index (χ0) is 37.9. The Morgan fingerprint density at radius 2 is 1.04 bits per heavy atom. The molecule has 0 atom stereocenters. The Morgan fingerprint density at radius 1 is 0.574 bits per heavy atom. The quantitative estimate of drug-likeness (QED) is 0.116. The molecule has 0 N–H and O–H groups in total. The first-order valence-electron chi connectivity index (χ1n) is 18.8. The van der Waals surface area contributed by atoms with Crippen LogP contribution in [0, 0.1) is 19.9 Å². The van der Waals surface area contributed by atoms with Crippen molar-refractivity contribution >= 4 is 58.5 Å². The zero-order valence-electron chi connectivity index (χ0n) is 31.5. The Morgan fingerprint density at radius 3 is 1.54 bits per heavy atom. The van der Waals surface area contributed by atoms with Gasteiger partial charge < -0.3 is 0 Å². The van der Waals surface area contributed by atoms with E-state index in [2.05, 4.69) is 179 Å². The van der Waals surface area contributed by atoms with E-state index in [-0.39, 0.29) is 0 Å². The van der Waals surface area contributed by atoms with Gasteiger partial charge in [0.05, 0.1) is 9.52 Å². The molecule has 0 aromatic heterocycles. The predicted octanol–water partition coefficient (Wildman–Crippen LogP) is 13.5. The van der Waals surface area contributed by atoms with Gasteiger partial charge in [-0.3, -0.25) is 0 Å². The molecule has 0 nitrogen and oxygen atoms in total. The standard InChI is InChI=1S/2C19H19.C12H7Si.2ClH.Zr/c2*1-3-7-15-10-11-17-12-14(2)13-18(17)19(15)16-8-5-4-6-9-16;1-3-7-11-9(5-1)10-6-2-4-8-12(10)13-11;;;/h2*4-6,8-13H,3,7H2,1-2H3;1-7H;2*1H;/q3*-1;;;+2/p-2. The van der Waals surface area contributed by atoms with E-state index >= 15 is 0 Å². The molecule has 0 aliphatic carbocycles. The largest absolute Gasteiger partial charge is 0.184 e. The smallest absolute Gasteiger partial charge is 0.0920 e. The van der Waals surface area contributed by atoms with Gasteiger partial charge in [-0.2, -0.15) is 41.6 Å². The Kier molecular flexibility index (Phi) is 14.6. The number of aryl methyl sites for hydroxylation is 4. The van der Waals surface area contributed by atoms with Crippen molar-refractivity contribution in [1.82, 2.24) is 0 Å². The first kappa shape index (κ1) is 39.9. The van der Waals surface area contributed by atoms with Crippen molar-refractivity contribution in [3.8, 4) is 33.4 Å². The normalized spacial score (nSPS) is 11.0. The molecule has 8 aromatic carbocycles. The third-order valence-electron chi connectivity index (χ3n) is 9.74. The van der Waals surface area contributed by atoms with Crippen LogP contribution in [-0.4, -0.2) is 9.52 Å². The summed E-state index contributed by atoms with van der Waals surface area (Å²) in [6, 6.07) is 58.0. The van der Waals surface area contributed by atoms with Crippen LogP contribution in [0.1, 0.15) is 48.9 Å². The molecule has 2 radical (unpaired) electrons. The van der Waals surface area contributed by atoms with Crippen molar-refractivity contribution in [2.45, 2.75) is 53.4 Å². The average molecular weight is 836 g/mol. The molecule has 8 aromatic rings. The summed E-state index contributed by atoms with van der Waals surface area (Å²) in [5, 5.41) is 8.33. The van der Waals surface area contributed by atoms with Crippen molar-refractivity contribution in [1.29, 1.82) is 0 Å². The molecule has 1 heterocycles. The van der Waals surface area contributed by atoms with Gasteiger partial charge in [0.15, 0.2) is 0 Å². The van der Waals surface area contributed by atoms with Crippen molar-refractivity contribution in [3.63, 3.8) is 0 Å². The van der Waals surface area contributed by atoms with Crippen LogP contribution in [0.3, 0.4) is 0 Å². The molecule has 0 fully saturated rings. The first-order valence-corrected chi connectivity index (χ1v) is 26.1. The van der Waals surface area contributed by atoms with Crippen molar-refractivity contribution in [3.05, 3.63) is 180 Å². The van der Waals surface area contributed by atoms with Crippen molar-refractivity contribution in [2.24, 2.45) is 0 Å². The Bertz CT molecular complexity index is 2240. The van der Waals surface area contributed by atoms with Gasteiger partial charge in [0.25, 0.3) is 0 Å². The summed E-state index contributed by atoms with van der Waals surface area (Å²) in [4.78, 5) is 0. The van der Waals surface area contributed by atoms with Gasteiger partial charge in [-0.1, -0.05) is 158 Å². The van der Waals surface area contributed by atoms with Gasteiger partial charge in [-0.05, 0) is 24.0 Å². The van der Waals surface area contributed by atoms with Crippen LogP contribution >= 0.6 is 17.0 Å². The summed E-state index contributed by atoms with van der Waals surface area (Å²) in [5.41, 5.74) is 13.9. The molecule has 0 amide bonds. The maximum atomic E-state index is 4.93. The minimum atomic E-state index is -0.826. The van der Waals surface area contributed by atoms with E-state index in [1.807, 2.05) is 6.07 Å². The molecule has 4 heteroatoms. The number of fused-ring (bicyclic) bond motifs is 5. The van der Waals surface area contributed by atoms with E-state index in [4.69, 9.17) is 17.0 Å². The molecule has 0 saturated carbocycles. The second-order valence-electron chi connectivity index (χ2n) is 13.7. The van der Waals surface area contributed by atoms with E-state index in [0.29, 0.717) is 0 Å². The van der Waals surface area contributed by atoms with E-state index in [0.717, 1.165) is 22.4 Å². The molecule has 1 aliphatic heterocycles. The van der Waals surface area contributed by atoms with Crippen LogP contribution in [0.2, 0.25) is 0 Å². The summed E-state index contributed by atoms with van der Waals surface area (Å²) < 4.78 is 0. The third-order valence-corrected chi connectivity index (χ3v) is 11.1. The molecule has 54 heavy (non-hydrogen) atoms. The van der Waals surface area contributed by atoms with Gasteiger partial charge in [-0.25, -0.2) is 0 Å². The summed E-state index contributed by atoms with van der Waals surface area (Å²) in [6.45, 7) is 8.84. The first-order chi connectivity index (χ1) is 26.4. The van der Waals surface area contributed by atoms with Crippen LogP contribution in [0.25, 0.3) is 54.9 Å². The minimum Gasteiger partial charge on any atom is -0.184 e. The van der Waals surface area contributed by atoms with Gasteiger partial charge in [0, 0.05) is 0 Å². The molecule has 0 unspecified atom stereocenters. The fourth-order valence-electron chi connectivity index (χ4n) is 7.53. The monoisotopic (exact) mass is 833 g/mol. The van der Waals surface area contributed by atoms with Crippen molar-refractivity contribution in [2.75, 3.05) is 0 Å². The molecule has 0 bridgehead atoms. The van der Waals surface area contributed by atoms with Crippen LogP contribution in [-0.2, 0) is 33.7 Å². The van der Waals surface area contributed by atoms with Crippen LogP contribution in [0.5, 0.6) is 0 Å². The molecule has 1 aliphatic rings. The average Bonchev–Trinajstić information content (AvgIpc) is 3.89. The molecular formula is C50H45Cl2SiZr-3. The number of hydrogen-bond acceptors (Lipinski definition) is 0. The number of rotatable bonds is 6. The van der Waals surface area contributed by atoms with Gasteiger partial charge in [0.1, 0.15) is 0 Å². The van der Waals surface area contributed by atoms with E-state index in [1.54, 1.807) is 0 Å². The topological polar surface area (TPSA) is 0 Å². The Labute approximate surface area is 343 Å². The Hall–Kier alpha value is -3.78. The summed E-state index contributed by atoms with van der Waals surface area (Å²) in [5.74, 6) is 0. The van der Waals surface area contributed by atoms with E-state index in [9.17, 15) is 0 Å². The van der Waals surface area contributed by atoms with Crippen LogP contribution < -0.4 is 10.4 Å². The predicted molar refractivity (Wildman–Crippen MR) is 235 cm³/mol. The number of benzene rings is 6. The fourth-order valence-corrected chi connectivity index (χ4v) is 8.84. The second kappa shape index (κ2) is 19.7. The second-order valence-corrected chi connectivity index (χ2v) is 18.7. The zero-order valence-corrected chi connectivity index (χ0v) is 36.5. The summed E-state index contributed by atoms with van der Waals surface area (Å²) in [6.07, 6.45) is 4.66. The number of halogens is 2. The van der Waals surface area contributed by atoms with Gasteiger partial charge in [-0.15, -0.1) is 74.6 Å². The summed E-state index contributed by atoms with van der Waals surface area (Å²) in [7, 11) is 10.7. The minimum absolute atomic E-state index is 0.795. The maximum Gasteiger partial charge on any atom is 0.0920 e. The van der Waals surface area contributed by atoms with Crippen LogP contribution in [0.4, 0.5) is 0 Å². The maximum absolute atomic E-state index is 4.93. The van der Waals surface area contributed by atoms with Crippen molar-refractivity contribution < 1.29 is 20.8 Å². The molecule has 0 spiro atoms. The summed E-state index contributed by atoms with van der Waals surface area (Å²) >= 11 is -0.826. The number of hydrogen-bond donors (Lipinski definition) is 0. The van der Waals surface area contributed by atoms with E-state index < -0.39 is 20.8 Å². The molecule has 9 rings (SSSR count). The van der Waals surface area contributed by atoms with Crippen LogP contribution in [0.15, 0.2) is 152 Å².